The van der Waals surface area contributed by atoms with E-state index >= 15 is 0 Å². The number of hydrogen-bond acceptors (Lipinski definition) is 4. The molecular formula is C21H22FN5O2. The van der Waals surface area contributed by atoms with Crippen LogP contribution in [0.5, 0.6) is 5.75 Å². The molecule has 1 N–H and O–H groups in total. The van der Waals surface area contributed by atoms with Gasteiger partial charge in [-0.15, -0.1) is 0 Å². The summed E-state index contributed by atoms with van der Waals surface area (Å²) in [6.45, 7) is 4.75. The van der Waals surface area contributed by atoms with Gasteiger partial charge in [-0.3, -0.25) is 15.1 Å². The number of nitrogens with zero attached hydrogens (tertiary/aromatic N) is 4. The fourth-order valence-electron chi connectivity index (χ4n) is 3.49. The highest BCUT2D eigenvalue weighted by Crippen LogP contribution is 2.32. The van der Waals surface area contributed by atoms with Crippen molar-refractivity contribution < 1.29 is 13.9 Å². The van der Waals surface area contributed by atoms with Crippen LogP contribution >= 0.6 is 0 Å². The molecule has 1 unspecified atom stereocenters. The second kappa shape index (κ2) is 7.54. The maximum atomic E-state index is 13.4. The first-order valence-electron chi connectivity index (χ1n) is 9.42. The van der Waals surface area contributed by atoms with Crippen LogP contribution in [0.2, 0.25) is 0 Å². The highest BCUT2D eigenvalue weighted by Gasteiger charge is 2.42. The summed E-state index contributed by atoms with van der Waals surface area (Å²) in [5.74, 6) is 1.32. The van der Waals surface area contributed by atoms with Crippen molar-refractivity contribution in [1.82, 2.24) is 15.1 Å². The minimum Gasteiger partial charge on any atom is -0.497 e. The molecule has 0 bridgehead atoms. The predicted molar refractivity (Wildman–Crippen MR) is 109 cm³/mol. The van der Waals surface area contributed by atoms with E-state index in [1.54, 1.807) is 24.1 Å². The topological polar surface area (TPSA) is 69.5 Å². The molecule has 0 aliphatic carbocycles. The van der Waals surface area contributed by atoms with Gasteiger partial charge in [0.2, 0.25) is 11.9 Å². The normalized spacial score (nSPS) is 19.9. The number of aliphatic imine (C=N–C) groups is 2. The Morgan fingerprint density at radius 3 is 2.72 bits per heavy atom. The summed E-state index contributed by atoms with van der Waals surface area (Å²) >= 11 is 0. The molecule has 0 saturated carbocycles. The number of nitrogens with one attached hydrogen (secondary N) is 1. The maximum absolute atomic E-state index is 13.4. The lowest BCUT2D eigenvalue weighted by Crippen LogP contribution is -2.62. The standard InChI is InChI=1S/C21H22FN5O2/c1-4-26-20-23-12-18(14-6-8-15(22)9-7-14)27(20)19(25-21(26)28)24-17-11-16(29-3)10-5-13(17)2/h5-11,18H,4,12H2,1-3H3,(H,24,25,28). The number of guanidine groups is 2. The number of ether oxygens (including phenoxy) is 1. The first-order chi connectivity index (χ1) is 14.0. The van der Waals surface area contributed by atoms with Crippen molar-refractivity contribution in [2.24, 2.45) is 9.98 Å². The van der Waals surface area contributed by atoms with Crippen LogP contribution in [0, 0.1) is 12.7 Å². The minimum absolute atomic E-state index is 0.190. The number of fused-ring (bicyclic) bond motifs is 1. The third-order valence-corrected chi connectivity index (χ3v) is 5.08. The van der Waals surface area contributed by atoms with Gasteiger partial charge in [0.05, 0.1) is 25.4 Å². The number of aryl methyl sites for hydroxylation is 1. The third-order valence-electron chi connectivity index (χ3n) is 5.08. The molecule has 150 valence electrons. The Hall–Kier alpha value is -3.42. The summed E-state index contributed by atoms with van der Waals surface area (Å²) in [6.07, 6.45) is 0. The molecule has 2 aromatic rings. The summed E-state index contributed by atoms with van der Waals surface area (Å²) in [7, 11) is 1.60. The van der Waals surface area contributed by atoms with E-state index in [0.29, 0.717) is 36.4 Å². The van der Waals surface area contributed by atoms with Crippen LogP contribution in [-0.4, -0.2) is 47.9 Å². The quantitative estimate of drug-likeness (QED) is 0.860. The van der Waals surface area contributed by atoms with E-state index in [2.05, 4.69) is 10.3 Å². The molecule has 8 heteroatoms. The Morgan fingerprint density at radius 2 is 2.03 bits per heavy atom. The van der Waals surface area contributed by atoms with Crippen molar-refractivity contribution >= 4 is 23.6 Å². The lowest BCUT2D eigenvalue weighted by molar-refractivity contribution is 0.217. The fourth-order valence-corrected chi connectivity index (χ4v) is 3.49. The Bertz CT molecular complexity index is 1000. The largest absolute Gasteiger partial charge is 0.497 e. The van der Waals surface area contributed by atoms with Gasteiger partial charge in [0.1, 0.15) is 11.6 Å². The van der Waals surface area contributed by atoms with E-state index in [4.69, 9.17) is 9.73 Å². The van der Waals surface area contributed by atoms with Crippen LogP contribution in [0.25, 0.3) is 0 Å². The lowest BCUT2D eigenvalue weighted by Gasteiger charge is -2.38. The van der Waals surface area contributed by atoms with Crippen molar-refractivity contribution in [3.63, 3.8) is 0 Å². The Labute approximate surface area is 168 Å². The predicted octanol–water partition coefficient (Wildman–Crippen LogP) is 3.59. The number of carbonyl (C=O) groups is 1. The zero-order chi connectivity index (χ0) is 20.5. The van der Waals surface area contributed by atoms with Gasteiger partial charge < -0.3 is 4.74 Å². The molecule has 2 heterocycles. The van der Waals surface area contributed by atoms with E-state index in [0.717, 1.165) is 11.1 Å². The molecule has 0 aromatic heterocycles. The van der Waals surface area contributed by atoms with Gasteiger partial charge in [0.25, 0.3) is 0 Å². The van der Waals surface area contributed by atoms with Crippen molar-refractivity contribution in [3.05, 3.63) is 59.4 Å². The Kier molecular flexibility index (Phi) is 4.92. The molecule has 2 amide bonds. The van der Waals surface area contributed by atoms with Crippen LogP contribution < -0.4 is 10.1 Å². The Morgan fingerprint density at radius 1 is 1.28 bits per heavy atom. The van der Waals surface area contributed by atoms with Gasteiger partial charge in [0, 0.05) is 12.6 Å². The number of urea groups is 1. The second-order valence-corrected chi connectivity index (χ2v) is 6.84. The highest BCUT2D eigenvalue weighted by atomic mass is 19.1. The number of halogens is 1. The van der Waals surface area contributed by atoms with Crippen molar-refractivity contribution in [2.75, 3.05) is 20.2 Å². The monoisotopic (exact) mass is 395 g/mol. The van der Waals surface area contributed by atoms with Gasteiger partial charge in [-0.05, 0) is 43.2 Å². The second-order valence-electron chi connectivity index (χ2n) is 6.84. The maximum Gasteiger partial charge on any atom is 0.330 e. The number of rotatable bonds is 4. The summed E-state index contributed by atoms with van der Waals surface area (Å²) in [6, 6.07) is 11.5. The molecule has 0 radical (unpaired) electrons. The van der Waals surface area contributed by atoms with E-state index < -0.39 is 0 Å². The molecule has 0 spiro atoms. The van der Waals surface area contributed by atoms with Crippen molar-refractivity contribution in [2.45, 2.75) is 19.9 Å². The Balaban J connectivity index is 1.78. The molecule has 1 atom stereocenters. The van der Waals surface area contributed by atoms with E-state index in [1.807, 2.05) is 36.9 Å². The van der Waals surface area contributed by atoms with Crippen LogP contribution in [0.15, 0.2) is 52.4 Å². The molecule has 7 nitrogen and oxygen atoms in total. The molecule has 2 aliphatic rings. The average Bonchev–Trinajstić information content (AvgIpc) is 3.15. The van der Waals surface area contributed by atoms with Crippen molar-refractivity contribution in [3.8, 4) is 5.75 Å². The van der Waals surface area contributed by atoms with E-state index in [9.17, 15) is 9.18 Å². The van der Waals surface area contributed by atoms with Gasteiger partial charge in [-0.1, -0.05) is 18.2 Å². The molecule has 1 fully saturated rings. The molecule has 1 saturated heterocycles. The summed E-state index contributed by atoms with van der Waals surface area (Å²) in [5, 5.41) is 2.88. The molecule has 4 rings (SSSR count). The molecular weight excluding hydrogens is 373 g/mol. The molecule has 2 aliphatic heterocycles. The van der Waals surface area contributed by atoms with Crippen LogP contribution in [0.1, 0.15) is 24.1 Å². The fraction of sp³-hybridized carbons (Fsp3) is 0.286. The summed E-state index contributed by atoms with van der Waals surface area (Å²) in [4.78, 5) is 25.4. The van der Waals surface area contributed by atoms with Crippen LogP contribution in [0.3, 0.4) is 0 Å². The van der Waals surface area contributed by atoms with Crippen LogP contribution in [-0.2, 0) is 0 Å². The van der Waals surface area contributed by atoms with Gasteiger partial charge >= 0.3 is 6.03 Å². The zero-order valence-corrected chi connectivity index (χ0v) is 16.5. The first kappa shape index (κ1) is 18.9. The van der Waals surface area contributed by atoms with Gasteiger partial charge in [0.15, 0.2) is 0 Å². The van der Waals surface area contributed by atoms with E-state index in [1.165, 1.54) is 12.1 Å². The highest BCUT2D eigenvalue weighted by molar-refractivity contribution is 6.16. The van der Waals surface area contributed by atoms with E-state index in [-0.39, 0.29) is 17.9 Å². The molecule has 29 heavy (non-hydrogen) atoms. The summed E-state index contributed by atoms with van der Waals surface area (Å²) in [5.41, 5.74) is 2.53. The SMILES string of the molecule is CCN1C(=O)NC(=Nc2cc(OC)ccc2C)N2C1=NCC2c1ccc(F)cc1. The lowest BCUT2D eigenvalue weighted by atomic mass is 10.1. The minimum atomic E-state index is -0.295. The van der Waals surface area contributed by atoms with Gasteiger partial charge in [-0.25, -0.2) is 19.2 Å². The number of carbonyl (C=O) groups excluding carboxylic acids is 1. The number of amides is 2. The average molecular weight is 395 g/mol. The number of benzene rings is 2. The van der Waals surface area contributed by atoms with Crippen LogP contribution in [0.4, 0.5) is 14.9 Å². The van der Waals surface area contributed by atoms with Gasteiger partial charge in [-0.2, -0.15) is 0 Å². The third kappa shape index (κ3) is 3.41. The first-order valence-corrected chi connectivity index (χ1v) is 9.42. The summed E-state index contributed by atoms with van der Waals surface area (Å²) < 4.78 is 18.7. The smallest absolute Gasteiger partial charge is 0.330 e. The zero-order valence-electron chi connectivity index (χ0n) is 16.5. The number of hydrogen-bond donors (Lipinski definition) is 1. The van der Waals surface area contributed by atoms with Crippen molar-refractivity contribution in [1.29, 1.82) is 0 Å². The molecule has 2 aromatic carbocycles. The number of methoxy groups -OCH3 is 1.